The summed E-state index contributed by atoms with van der Waals surface area (Å²) in [6.45, 7) is 0.760. The highest BCUT2D eigenvalue weighted by Crippen LogP contribution is 2.39. The molecule has 2 aromatic heterocycles. The first kappa shape index (κ1) is 45.6. The fraction of sp³-hybridized carbons (Fsp3) is 0.415. The molecule has 1 aliphatic heterocycles. The molecule has 61 heavy (non-hydrogen) atoms. The van der Waals surface area contributed by atoms with Gasteiger partial charge in [0.2, 0.25) is 20.0 Å². The van der Waals surface area contributed by atoms with Crippen LogP contribution < -0.4 is 9.44 Å². The molecule has 330 valence electrons. The third-order valence-electron chi connectivity index (χ3n) is 10.8. The van der Waals surface area contributed by atoms with Gasteiger partial charge in [-0.05, 0) is 68.0 Å². The van der Waals surface area contributed by atoms with Crippen molar-refractivity contribution < 1.29 is 62.6 Å². The van der Waals surface area contributed by atoms with Gasteiger partial charge in [-0.1, -0.05) is 62.1 Å². The van der Waals surface area contributed by atoms with E-state index in [1.54, 1.807) is 48.5 Å². The number of carbonyl (C=O) groups excluding carboxylic acids is 1. The molecule has 0 spiro atoms. The van der Waals surface area contributed by atoms with Crippen LogP contribution in [0.15, 0.2) is 71.6 Å². The van der Waals surface area contributed by atoms with E-state index in [9.17, 15) is 57.9 Å². The lowest BCUT2D eigenvalue weighted by Gasteiger charge is -2.23. The topological polar surface area (TPSA) is 188 Å². The molecule has 8 rings (SSSR count). The Morgan fingerprint density at radius 2 is 1.44 bits per heavy atom. The molecule has 3 heterocycles. The Morgan fingerprint density at radius 1 is 0.820 bits per heavy atom. The van der Waals surface area contributed by atoms with E-state index in [-0.39, 0.29) is 34.2 Å². The number of carboxylic acid groups (broad SMARTS) is 1. The van der Waals surface area contributed by atoms with Crippen LogP contribution in [0.1, 0.15) is 87.1 Å². The van der Waals surface area contributed by atoms with Gasteiger partial charge in [-0.2, -0.15) is 26.3 Å². The molecule has 0 radical (unpaired) electrons. The minimum atomic E-state index is -4.79. The van der Waals surface area contributed by atoms with Gasteiger partial charge in [-0.25, -0.2) is 26.3 Å². The summed E-state index contributed by atoms with van der Waals surface area (Å²) in [7, 11) is -7.09. The van der Waals surface area contributed by atoms with Crippen LogP contribution in [0.2, 0.25) is 0 Å². The fourth-order valence-electron chi connectivity index (χ4n) is 7.98. The lowest BCUT2D eigenvalue weighted by molar-refractivity contribution is -0.146. The van der Waals surface area contributed by atoms with Crippen molar-refractivity contribution in [2.75, 3.05) is 0 Å². The van der Waals surface area contributed by atoms with Gasteiger partial charge in [0.25, 0.3) is 0 Å². The SMILES string of the molecule is CC(=O)OCc1c(C(F)(F)F)[nH]c2ccccc12.O=C(O)Cc1c(-c2cc(C(F)(F)F)cc(S(=O)(=O)NC3CCCCC3)c2)[nH]c2ccccc12.O=S1(=O)NC2CCCC1C2. The van der Waals surface area contributed by atoms with Crippen LogP contribution in [0.4, 0.5) is 26.3 Å². The van der Waals surface area contributed by atoms with Gasteiger partial charge in [-0.15, -0.1) is 0 Å². The Labute approximate surface area is 347 Å². The van der Waals surface area contributed by atoms with Gasteiger partial charge in [0.05, 0.1) is 27.8 Å². The van der Waals surface area contributed by atoms with Crippen molar-refractivity contribution in [3.05, 3.63) is 89.1 Å². The zero-order valence-electron chi connectivity index (χ0n) is 32.8. The number of sulfonamides is 2. The summed E-state index contributed by atoms with van der Waals surface area (Å²) in [5, 5.41) is 10.3. The summed E-state index contributed by atoms with van der Waals surface area (Å²) in [6, 6.07) is 15.7. The number of para-hydroxylation sites is 2. The Morgan fingerprint density at radius 3 is 2.02 bits per heavy atom. The van der Waals surface area contributed by atoms with Crippen molar-refractivity contribution in [1.82, 2.24) is 19.4 Å². The first-order valence-corrected chi connectivity index (χ1v) is 22.5. The summed E-state index contributed by atoms with van der Waals surface area (Å²) in [4.78, 5) is 27.0. The van der Waals surface area contributed by atoms with Crippen molar-refractivity contribution >= 4 is 53.8 Å². The number of rotatable bonds is 8. The largest absolute Gasteiger partial charge is 0.481 e. The second-order valence-corrected chi connectivity index (χ2v) is 19.0. The lowest BCUT2D eigenvalue weighted by atomic mass is 9.96. The van der Waals surface area contributed by atoms with E-state index in [4.69, 9.17) is 0 Å². The van der Waals surface area contributed by atoms with Crippen molar-refractivity contribution in [3.8, 4) is 11.3 Å². The summed E-state index contributed by atoms with van der Waals surface area (Å²) < 4.78 is 138. The lowest BCUT2D eigenvalue weighted by Crippen LogP contribution is -2.36. The summed E-state index contributed by atoms with van der Waals surface area (Å²) in [6.07, 6.45) is -1.92. The first-order valence-electron chi connectivity index (χ1n) is 19.5. The normalized spacial score (nSPS) is 19.1. The number of halogens is 6. The maximum Gasteiger partial charge on any atom is 0.431 e. The number of alkyl halides is 6. The number of aromatic nitrogens is 2. The smallest absolute Gasteiger partial charge is 0.431 e. The molecule has 1 saturated heterocycles. The number of hydrogen-bond acceptors (Lipinski definition) is 7. The van der Waals surface area contributed by atoms with Crippen LogP contribution >= 0.6 is 0 Å². The monoisotopic (exact) mass is 898 g/mol. The van der Waals surface area contributed by atoms with Gasteiger partial charge in [-0.3, -0.25) is 9.59 Å². The summed E-state index contributed by atoms with van der Waals surface area (Å²) >= 11 is 0. The van der Waals surface area contributed by atoms with Gasteiger partial charge < -0.3 is 19.8 Å². The number of carbonyl (C=O) groups is 2. The van der Waals surface area contributed by atoms with Gasteiger partial charge in [0.1, 0.15) is 12.3 Å². The molecule has 2 saturated carbocycles. The molecule has 3 aromatic carbocycles. The van der Waals surface area contributed by atoms with E-state index in [2.05, 4.69) is 24.1 Å². The van der Waals surface area contributed by atoms with E-state index < -0.39 is 73.5 Å². The molecular formula is C41H44F6N4O8S2. The molecule has 2 aliphatic carbocycles. The maximum atomic E-state index is 13.7. The molecule has 3 aliphatic rings. The molecule has 5 N–H and O–H groups in total. The average molecular weight is 899 g/mol. The molecule has 2 unspecified atom stereocenters. The molecular weight excluding hydrogens is 855 g/mol. The predicted molar refractivity (Wildman–Crippen MR) is 214 cm³/mol. The number of aromatic amines is 2. The van der Waals surface area contributed by atoms with Gasteiger partial charge in [0, 0.05) is 51.9 Å². The van der Waals surface area contributed by atoms with Crippen LogP contribution in [0.5, 0.6) is 0 Å². The van der Waals surface area contributed by atoms with Crippen molar-refractivity contribution in [3.63, 3.8) is 0 Å². The Hall–Kier alpha value is -4.92. The Bertz CT molecular complexity index is 2620. The maximum absolute atomic E-state index is 13.7. The number of esters is 1. The van der Waals surface area contributed by atoms with E-state index >= 15 is 0 Å². The highest BCUT2D eigenvalue weighted by atomic mass is 32.2. The molecule has 2 bridgehead atoms. The van der Waals surface area contributed by atoms with E-state index in [0.29, 0.717) is 46.3 Å². The van der Waals surface area contributed by atoms with Crippen LogP contribution in [0.25, 0.3) is 33.1 Å². The van der Waals surface area contributed by atoms with Crippen LogP contribution in [-0.2, 0) is 59.8 Å². The minimum Gasteiger partial charge on any atom is -0.481 e. The zero-order chi connectivity index (χ0) is 44.3. The van der Waals surface area contributed by atoms with Crippen LogP contribution in [0.3, 0.4) is 0 Å². The fourth-order valence-corrected chi connectivity index (χ4v) is 11.2. The zero-order valence-corrected chi connectivity index (χ0v) is 34.4. The average Bonchev–Trinajstić information content (AvgIpc) is 3.82. The Kier molecular flexibility index (Phi) is 13.6. The minimum absolute atomic E-state index is 0.0405. The number of aliphatic carboxylic acids is 1. The number of hydrogen-bond donors (Lipinski definition) is 5. The van der Waals surface area contributed by atoms with Crippen molar-refractivity contribution in [2.24, 2.45) is 0 Å². The number of carboxylic acids is 1. The molecule has 0 amide bonds. The predicted octanol–water partition coefficient (Wildman–Crippen LogP) is 8.57. The van der Waals surface area contributed by atoms with Crippen LogP contribution in [-0.4, -0.2) is 61.2 Å². The second kappa shape index (κ2) is 18.2. The molecule has 2 atom stereocenters. The number of ether oxygens (including phenoxy) is 1. The molecule has 3 fully saturated rings. The number of benzene rings is 3. The number of fused-ring (bicyclic) bond motifs is 4. The van der Waals surface area contributed by atoms with Gasteiger partial charge >= 0.3 is 24.3 Å². The number of nitrogens with one attached hydrogen (secondary N) is 4. The van der Waals surface area contributed by atoms with Crippen molar-refractivity contribution in [1.29, 1.82) is 0 Å². The van der Waals surface area contributed by atoms with E-state index in [0.717, 1.165) is 64.0 Å². The summed E-state index contributed by atoms with van der Waals surface area (Å²) in [5.41, 5.74) is -0.721. The highest BCUT2D eigenvalue weighted by Gasteiger charge is 2.40. The van der Waals surface area contributed by atoms with Gasteiger partial charge in [0.15, 0.2) is 0 Å². The first-order chi connectivity index (χ1) is 28.6. The highest BCUT2D eigenvalue weighted by molar-refractivity contribution is 7.90. The van der Waals surface area contributed by atoms with Crippen LogP contribution in [0, 0.1) is 0 Å². The second-order valence-electron chi connectivity index (χ2n) is 15.2. The standard InChI is InChI=1S/C23H23F3N2O4S.C12H10F3NO2.C6H11NO2S/c24-23(25,26)15-10-14(11-17(12-15)33(31,32)28-16-6-2-1-3-7-16)22-19(13-21(29)30)18-8-4-5-9-20(18)27-22;1-7(17)18-6-9-8-4-2-3-5-10(8)16-11(9)12(13,14)15;8-10(9)6-3-1-2-5(4-6)7-10/h4-5,8-12,16,27-28H,1-3,6-7,13H2,(H,29,30);2-5,16H,6H2,1H3;5-7H,1-4H2. The number of H-pyrrole nitrogens is 2. The quantitative estimate of drug-likeness (QED) is 0.0757. The third kappa shape index (κ3) is 11.1. The van der Waals surface area contributed by atoms with Crippen molar-refractivity contribution in [2.45, 2.75) is 112 Å². The molecule has 5 aromatic rings. The summed E-state index contributed by atoms with van der Waals surface area (Å²) in [5.74, 6) is -1.77. The van der Waals surface area contributed by atoms with E-state index in [1.807, 2.05) is 0 Å². The Balaban J connectivity index is 0.000000183. The van der Waals surface area contributed by atoms with E-state index in [1.165, 1.54) is 0 Å². The molecule has 12 nitrogen and oxygen atoms in total. The molecule has 20 heteroatoms. The third-order valence-corrected chi connectivity index (χ3v) is 14.3.